The van der Waals surface area contributed by atoms with Crippen molar-refractivity contribution in [3.05, 3.63) is 0 Å². The summed E-state index contributed by atoms with van der Waals surface area (Å²) in [7, 11) is 1.37. The monoisotopic (exact) mass is 296 g/mol. The zero-order chi connectivity index (χ0) is 15.6. The second-order valence-electron chi connectivity index (χ2n) is 5.71. The van der Waals surface area contributed by atoms with Crippen molar-refractivity contribution in [2.45, 2.75) is 38.1 Å². The number of hydrogen-bond acceptors (Lipinski definition) is 4. The van der Waals surface area contributed by atoms with Crippen LogP contribution in [0.25, 0.3) is 0 Å². The van der Waals surface area contributed by atoms with E-state index in [0.717, 1.165) is 17.7 Å². The number of nitrogens with one attached hydrogen (secondary N) is 3. The van der Waals surface area contributed by atoms with Gasteiger partial charge in [-0.15, -0.1) is 0 Å². The maximum absolute atomic E-state index is 12.5. The van der Waals surface area contributed by atoms with Gasteiger partial charge >= 0.3 is 12.1 Å². The van der Waals surface area contributed by atoms with Gasteiger partial charge in [0.25, 0.3) is 5.91 Å². The molecule has 0 atom stereocenters. The molecule has 2 rings (SSSR count). The van der Waals surface area contributed by atoms with Gasteiger partial charge in [-0.25, -0.2) is 9.59 Å². The molecule has 0 aromatic carbocycles. The number of urea groups is 2. The molecule has 0 unspecified atom stereocenters. The van der Waals surface area contributed by atoms with E-state index in [2.05, 4.69) is 17.6 Å². The summed E-state index contributed by atoms with van der Waals surface area (Å²) in [5, 5.41) is 6.98. The molecule has 116 valence electrons. The number of nitrogens with zero attached hydrogens (tertiary/aromatic N) is 1. The smallest absolute Gasteiger partial charge is 0.325 e. The van der Waals surface area contributed by atoms with Crippen molar-refractivity contribution >= 4 is 23.9 Å². The highest BCUT2D eigenvalue weighted by atomic mass is 16.2. The van der Waals surface area contributed by atoms with Crippen molar-refractivity contribution in [3.63, 3.8) is 0 Å². The van der Waals surface area contributed by atoms with Crippen LogP contribution in [0.5, 0.6) is 0 Å². The Bertz CT molecular complexity index is 483. The minimum Gasteiger partial charge on any atom is -0.341 e. The third-order valence-electron chi connectivity index (χ3n) is 4.16. The molecule has 0 aromatic heterocycles. The molecular weight excluding hydrogens is 276 g/mol. The van der Waals surface area contributed by atoms with E-state index in [1.54, 1.807) is 0 Å². The maximum Gasteiger partial charge on any atom is 0.325 e. The predicted molar refractivity (Wildman–Crippen MR) is 73.2 cm³/mol. The van der Waals surface area contributed by atoms with Crippen molar-refractivity contribution in [2.24, 2.45) is 5.92 Å². The minimum absolute atomic E-state index is 0.369. The van der Waals surface area contributed by atoms with Crippen LogP contribution in [0.15, 0.2) is 0 Å². The first-order valence-corrected chi connectivity index (χ1v) is 7.03. The molecule has 1 saturated carbocycles. The van der Waals surface area contributed by atoms with Gasteiger partial charge in [-0.3, -0.25) is 19.8 Å². The van der Waals surface area contributed by atoms with E-state index in [1.807, 2.05) is 5.32 Å². The van der Waals surface area contributed by atoms with E-state index in [4.69, 9.17) is 0 Å². The van der Waals surface area contributed by atoms with Crippen LogP contribution in [0.2, 0.25) is 0 Å². The highest BCUT2D eigenvalue weighted by molar-refractivity contribution is 6.10. The van der Waals surface area contributed by atoms with Crippen LogP contribution in [-0.4, -0.2) is 47.9 Å². The van der Waals surface area contributed by atoms with E-state index < -0.39 is 30.1 Å². The van der Waals surface area contributed by atoms with Gasteiger partial charge in [0.05, 0.1) is 0 Å². The van der Waals surface area contributed by atoms with Crippen molar-refractivity contribution in [2.75, 3.05) is 13.6 Å². The molecule has 1 aliphatic heterocycles. The molecule has 1 spiro atoms. The van der Waals surface area contributed by atoms with Crippen LogP contribution in [0, 0.1) is 5.92 Å². The molecule has 0 bridgehead atoms. The zero-order valence-electron chi connectivity index (χ0n) is 12.2. The molecule has 0 aromatic rings. The van der Waals surface area contributed by atoms with Gasteiger partial charge in [0.2, 0.25) is 5.91 Å². The Balaban J connectivity index is 2.02. The van der Waals surface area contributed by atoms with Crippen LogP contribution < -0.4 is 16.0 Å². The van der Waals surface area contributed by atoms with Crippen LogP contribution in [0.3, 0.4) is 0 Å². The Morgan fingerprint density at radius 1 is 1.33 bits per heavy atom. The fourth-order valence-electron chi connectivity index (χ4n) is 2.79. The van der Waals surface area contributed by atoms with Gasteiger partial charge in [-0.2, -0.15) is 0 Å². The first-order valence-electron chi connectivity index (χ1n) is 7.03. The highest BCUT2D eigenvalue weighted by Gasteiger charge is 2.52. The summed E-state index contributed by atoms with van der Waals surface area (Å²) in [6.07, 6.45) is 2.91. The minimum atomic E-state index is -0.864. The Morgan fingerprint density at radius 3 is 2.52 bits per heavy atom. The van der Waals surface area contributed by atoms with E-state index in [1.165, 1.54) is 7.05 Å². The Morgan fingerprint density at radius 2 is 1.95 bits per heavy atom. The number of rotatable bonds is 2. The van der Waals surface area contributed by atoms with E-state index in [-0.39, 0.29) is 5.91 Å². The van der Waals surface area contributed by atoms with E-state index >= 15 is 0 Å². The maximum atomic E-state index is 12.5. The third-order valence-corrected chi connectivity index (χ3v) is 4.16. The standard InChI is InChI=1S/C13H20N4O4/c1-8-3-5-13(6-4-8)10(19)17(12(21)16-13)7-9(18)15-11(20)14-2/h8H,3-7H2,1-2H3,(H,16,21)(H2,14,15,18,20). The Labute approximate surface area is 122 Å². The summed E-state index contributed by atoms with van der Waals surface area (Å²) in [6.45, 7) is 1.66. The number of imide groups is 2. The number of hydrogen-bond donors (Lipinski definition) is 3. The molecular formula is C13H20N4O4. The SMILES string of the molecule is CNC(=O)NC(=O)CN1C(=O)NC2(CCC(C)CC2)C1=O. The summed E-state index contributed by atoms with van der Waals surface area (Å²) in [6, 6.07) is -1.24. The summed E-state index contributed by atoms with van der Waals surface area (Å²) in [5.74, 6) is -0.531. The van der Waals surface area contributed by atoms with Gasteiger partial charge in [0.1, 0.15) is 12.1 Å². The molecule has 3 N–H and O–H groups in total. The number of carbonyl (C=O) groups is 4. The lowest BCUT2D eigenvalue weighted by Gasteiger charge is -2.33. The normalized spacial score (nSPS) is 28.5. The summed E-state index contributed by atoms with van der Waals surface area (Å²) in [5.41, 5.74) is -0.864. The van der Waals surface area contributed by atoms with E-state index in [0.29, 0.717) is 18.8 Å². The fourth-order valence-corrected chi connectivity index (χ4v) is 2.79. The van der Waals surface area contributed by atoms with Gasteiger partial charge < -0.3 is 10.6 Å². The van der Waals surface area contributed by atoms with Crippen molar-refractivity contribution in [1.29, 1.82) is 0 Å². The molecule has 2 fully saturated rings. The van der Waals surface area contributed by atoms with Gasteiger partial charge in [-0.05, 0) is 31.6 Å². The molecule has 0 radical (unpaired) electrons. The zero-order valence-corrected chi connectivity index (χ0v) is 12.2. The third kappa shape index (κ3) is 2.98. The second-order valence-corrected chi connectivity index (χ2v) is 5.71. The van der Waals surface area contributed by atoms with Gasteiger partial charge in [0, 0.05) is 7.05 Å². The first-order chi connectivity index (χ1) is 9.88. The summed E-state index contributed by atoms with van der Waals surface area (Å²) >= 11 is 0. The Kier molecular flexibility index (Phi) is 4.15. The molecule has 1 saturated heterocycles. The van der Waals surface area contributed by atoms with Crippen molar-refractivity contribution in [1.82, 2.24) is 20.9 Å². The summed E-state index contributed by atoms with van der Waals surface area (Å²) in [4.78, 5) is 48.0. The highest BCUT2D eigenvalue weighted by Crippen LogP contribution is 2.36. The first kappa shape index (κ1) is 15.3. The number of carbonyl (C=O) groups excluding carboxylic acids is 4. The van der Waals surface area contributed by atoms with Crippen LogP contribution in [-0.2, 0) is 9.59 Å². The molecule has 1 aliphatic carbocycles. The lowest BCUT2D eigenvalue weighted by molar-refractivity contribution is -0.135. The van der Waals surface area contributed by atoms with Crippen molar-refractivity contribution in [3.8, 4) is 0 Å². The van der Waals surface area contributed by atoms with Gasteiger partial charge in [-0.1, -0.05) is 6.92 Å². The second kappa shape index (κ2) is 5.71. The van der Waals surface area contributed by atoms with Crippen molar-refractivity contribution < 1.29 is 19.2 Å². The predicted octanol–water partition coefficient (Wildman–Crippen LogP) is -0.0573. The molecule has 2 aliphatic rings. The average molecular weight is 296 g/mol. The topological polar surface area (TPSA) is 108 Å². The molecule has 1 heterocycles. The van der Waals surface area contributed by atoms with Crippen LogP contribution >= 0.6 is 0 Å². The molecule has 8 nitrogen and oxygen atoms in total. The average Bonchev–Trinajstić information content (AvgIpc) is 2.67. The molecule has 8 heteroatoms. The Hall–Kier alpha value is -2.12. The molecule has 21 heavy (non-hydrogen) atoms. The largest absolute Gasteiger partial charge is 0.341 e. The lowest BCUT2D eigenvalue weighted by atomic mass is 9.77. The lowest BCUT2D eigenvalue weighted by Crippen LogP contribution is -2.50. The van der Waals surface area contributed by atoms with E-state index in [9.17, 15) is 19.2 Å². The van der Waals surface area contributed by atoms with Crippen LogP contribution in [0.1, 0.15) is 32.6 Å². The number of amides is 6. The molecule has 6 amide bonds. The van der Waals surface area contributed by atoms with Crippen LogP contribution in [0.4, 0.5) is 9.59 Å². The quantitative estimate of drug-likeness (QED) is 0.620. The summed E-state index contributed by atoms with van der Waals surface area (Å²) < 4.78 is 0. The fraction of sp³-hybridized carbons (Fsp3) is 0.692. The van der Waals surface area contributed by atoms with Gasteiger partial charge in [0.15, 0.2) is 0 Å².